The van der Waals surface area contributed by atoms with Crippen LogP contribution in [0.15, 0.2) is 48.5 Å². The summed E-state index contributed by atoms with van der Waals surface area (Å²) in [4.78, 5) is 15.6. The highest BCUT2D eigenvalue weighted by molar-refractivity contribution is 5.57. The molecule has 0 spiro atoms. The van der Waals surface area contributed by atoms with Gasteiger partial charge in [0.25, 0.3) is 0 Å². The molecule has 0 radical (unpaired) electrons. The van der Waals surface area contributed by atoms with Crippen LogP contribution in [-0.2, 0) is 12.7 Å². The molecular weight excluding hydrogens is 498 g/mol. The molecule has 3 aromatic rings. The van der Waals surface area contributed by atoms with Crippen molar-refractivity contribution < 1.29 is 17.6 Å². The van der Waals surface area contributed by atoms with Gasteiger partial charge in [-0.1, -0.05) is 24.6 Å². The van der Waals surface area contributed by atoms with Crippen molar-refractivity contribution in [3.05, 3.63) is 65.5 Å². The summed E-state index contributed by atoms with van der Waals surface area (Å²) in [5.41, 5.74) is 0.249. The fourth-order valence-corrected chi connectivity index (χ4v) is 4.65. The molecule has 2 heterocycles. The first kappa shape index (κ1) is 27.6. The number of likely N-dealkylation sites (tertiary alicyclic amines) is 1. The van der Waals surface area contributed by atoms with Crippen molar-refractivity contribution in [2.24, 2.45) is 0 Å². The van der Waals surface area contributed by atoms with Crippen LogP contribution in [0.1, 0.15) is 50.7 Å². The molecule has 1 fully saturated rings. The Balaban J connectivity index is 1.46. The van der Waals surface area contributed by atoms with Gasteiger partial charge in [-0.2, -0.15) is 28.1 Å². The van der Waals surface area contributed by atoms with Crippen LogP contribution in [0.2, 0.25) is 0 Å². The Labute approximate surface area is 220 Å². The van der Waals surface area contributed by atoms with Crippen molar-refractivity contribution in [1.29, 1.82) is 0 Å². The highest BCUT2D eigenvalue weighted by Gasteiger charge is 2.30. The summed E-state index contributed by atoms with van der Waals surface area (Å²) < 4.78 is 52.7. The van der Waals surface area contributed by atoms with Gasteiger partial charge in [-0.25, -0.2) is 4.39 Å². The Morgan fingerprint density at radius 3 is 2.24 bits per heavy atom. The van der Waals surface area contributed by atoms with E-state index in [-0.39, 0.29) is 23.4 Å². The molecule has 0 aliphatic carbocycles. The average Bonchev–Trinajstić information content (AvgIpc) is 2.87. The number of rotatable bonds is 10. The summed E-state index contributed by atoms with van der Waals surface area (Å²) in [6, 6.07) is 12.0. The Kier molecular flexibility index (Phi) is 8.98. The Hall–Kier alpha value is -3.47. The smallest absolute Gasteiger partial charge is 0.354 e. The van der Waals surface area contributed by atoms with E-state index in [2.05, 4.69) is 49.6 Å². The van der Waals surface area contributed by atoms with Gasteiger partial charge in [0.15, 0.2) is 0 Å². The summed E-state index contributed by atoms with van der Waals surface area (Å²) in [7, 11) is 0. The van der Waals surface area contributed by atoms with Crippen LogP contribution in [0.5, 0.6) is 0 Å². The Bertz CT molecular complexity index is 1180. The van der Waals surface area contributed by atoms with Crippen molar-refractivity contribution in [3.8, 4) is 0 Å². The van der Waals surface area contributed by atoms with Crippen molar-refractivity contribution in [2.75, 3.05) is 29.0 Å². The summed E-state index contributed by atoms with van der Waals surface area (Å²) in [5.74, 6) is 0.304. The first-order valence-corrected chi connectivity index (χ1v) is 12.9. The molecule has 1 aliphatic heterocycles. The number of aromatic nitrogens is 3. The average molecular weight is 532 g/mol. The molecule has 1 saturated heterocycles. The van der Waals surface area contributed by atoms with Crippen molar-refractivity contribution in [3.63, 3.8) is 0 Å². The quantitative estimate of drug-likeness (QED) is 0.205. The number of hydrogen-bond acceptors (Lipinski definition) is 7. The second kappa shape index (κ2) is 12.4. The van der Waals surface area contributed by atoms with Gasteiger partial charge < -0.3 is 16.0 Å². The maximum atomic E-state index is 13.2. The highest BCUT2D eigenvalue weighted by Crippen LogP contribution is 2.31. The van der Waals surface area contributed by atoms with E-state index in [4.69, 9.17) is 0 Å². The highest BCUT2D eigenvalue weighted by atomic mass is 19.4. The van der Waals surface area contributed by atoms with E-state index in [1.54, 1.807) is 12.1 Å². The largest absolute Gasteiger partial charge is 0.416 e. The lowest BCUT2D eigenvalue weighted by Gasteiger charge is -2.39. The van der Waals surface area contributed by atoms with Gasteiger partial charge in [-0.05, 0) is 69.0 Å². The molecule has 38 heavy (non-hydrogen) atoms. The van der Waals surface area contributed by atoms with Gasteiger partial charge in [-0.15, -0.1) is 0 Å². The minimum absolute atomic E-state index is 0.0988. The third-order valence-corrected chi connectivity index (χ3v) is 6.70. The number of alkyl halides is 3. The summed E-state index contributed by atoms with van der Waals surface area (Å²) in [6.07, 6.45) is 0.0961. The molecule has 11 heteroatoms. The third kappa shape index (κ3) is 7.77. The number of nitrogens with zero attached hydrogens (tertiary/aromatic N) is 4. The Morgan fingerprint density at radius 1 is 0.895 bits per heavy atom. The van der Waals surface area contributed by atoms with Crippen LogP contribution in [0.3, 0.4) is 0 Å². The summed E-state index contributed by atoms with van der Waals surface area (Å²) >= 11 is 0. The van der Waals surface area contributed by atoms with E-state index in [0.717, 1.165) is 30.7 Å². The minimum Gasteiger partial charge on any atom is -0.354 e. The zero-order valence-electron chi connectivity index (χ0n) is 21.5. The molecule has 204 valence electrons. The maximum absolute atomic E-state index is 13.2. The number of nitrogens with one attached hydrogen (secondary N) is 3. The molecule has 1 aromatic heterocycles. The number of anilines is 4. The fraction of sp³-hybridized carbons (Fsp3) is 0.444. The molecule has 1 aliphatic rings. The van der Waals surface area contributed by atoms with E-state index in [0.29, 0.717) is 31.1 Å². The lowest BCUT2D eigenvalue weighted by atomic mass is 9.97. The topological polar surface area (TPSA) is 78.0 Å². The van der Waals surface area contributed by atoms with E-state index in [9.17, 15) is 17.6 Å². The molecule has 2 aromatic carbocycles. The standard InChI is InChI=1S/C27H33F4N7/c1-18-6-3-7-19(2)38(18)15-5-14-32-24-35-25(33-17-20-10-12-22(28)13-11-20)37-26(36-24)34-23-9-4-8-21(16-23)27(29,30)31/h4,8-13,16,18-19H,3,5-7,14-15,17H2,1-2H3,(H3,32,33,34,35,36,37). The van der Waals surface area contributed by atoms with Crippen molar-refractivity contribution in [2.45, 2.75) is 64.3 Å². The molecule has 7 nitrogen and oxygen atoms in total. The molecule has 3 N–H and O–H groups in total. The molecule has 0 amide bonds. The van der Waals surface area contributed by atoms with Crippen LogP contribution in [0.25, 0.3) is 0 Å². The zero-order chi connectivity index (χ0) is 27.1. The SMILES string of the molecule is CC1CCCC(C)N1CCCNc1nc(NCc2ccc(F)cc2)nc(Nc2cccc(C(F)(F)F)c2)n1. The summed E-state index contributed by atoms with van der Waals surface area (Å²) in [6.45, 7) is 6.43. The summed E-state index contributed by atoms with van der Waals surface area (Å²) in [5, 5.41) is 9.16. The first-order valence-electron chi connectivity index (χ1n) is 12.9. The second-order valence-corrected chi connectivity index (χ2v) is 9.64. The monoisotopic (exact) mass is 531 g/mol. The van der Waals surface area contributed by atoms with Gasteiger partial charge in [0, 0.05) is 37.4 Å². The number of hydrogen-bond donors (Lipinski definition) is 3. The van der Waals surface area contributed by atoms with Crippen LogP contribution in [0, 0.1) is 5.82 Å². The van der Waals surface area contributed by atoms with E-state index in [1.807, 2.05) is 0 Å². The lowest BCUT2D eigenvalue weighted by Crippen LogP contribution is -2.44. The van der Waals surface area contributed by atoms with Crippen LogP contribution >= 0.6 is 0 Å². The number of piperidine rings is 1. The fourth-order valence-electron chi connectivity index (χ4n) is 4.65. The van der Waals surface area contributed by atoms with Gasteiger partial charge >= 0.3 is 6.18 Å². The van der Waals surface area contributed by atoms with Gasteiger partial charge in [0.05, 0.1) is 5.56 Å². The molecule has 4 rings (SSSR count). The van der Waals surface area contributed by atoms with Crippen molar-refractivity contribution in [1.82, 2.24) is 19.9 Å². The molecule has 2 atom stereocenters. The number of halogens is 4. The van der Waals surface area contributed by atoms with Crippen LogP contribution in [0.4, 0.5) is 41.1 Å². The second-order valence-electron chi connectivity index (χ2n) is 9.64. The zero-order valence-corrected chi connectivity index (χ0v) is 21.5. The van der Waals surface area contributed by atoms with E-state index < -0.39 is 11.7 Å². The van der Waals surface area contributed by atoms with Gasteiger partial charge in [0.1, 0.15) is 5.82 Å². The van der Waals surface area contributed by atoms with E-state index in [1.165, 1.54) is 43.5 Å². The van der Waals surface area contributed by atoms with Crippen LogP contribution in [-0.4, -0.2) is 45.0 Å². The minimum atomic E-state index is -4.46. The van der Waals surface area contributed by atoms with Gasteiger partial charge in [-0.3, -0.25) is 4.90 Å². The normalized spacial score (nSPS) is 18.3. The molecule has 0 saturated carbocycles. The first-order chi connectivity index (χ1) is 18.2. The van der Waals surface area contributed by atoms with Crippen molar-refractivity contribution >= 4 is 23.5 Å². The third-order valence-electron chi connectivity index (χ3n) is 6.70. The van der Waals surface area contributed by atoms with Crippen LogP contribution < -0.4 is 16.0 Å². The molecular formula is C27H33F4N7. The molecule has 0 bridgehead atoms. The predicted octanol–water partition coefficient (Wildman–Crippen LogP) is 6.45. The van der Waals surface area contributed by atoms with E-state index >= 15 is 0 Å². The maximum Gasteiger partial charge on any atom is 0.416 e. The lowest BCUT2D eigenvalue weighted by molar-refractivity contribution is -0.137. The molecule has 2 unspecified atom stereocenters. The Morgan fingerprint density at radius 2 is 1.55 bits per heavy atom. The predicted molar refractivity (Wildman–Crippen MR) is 141 cm³/mol. The number of benzene rings is 2. The van der Waals surface area contributed by atoms with Gasteiger partial charge in [0.2, 0.25) is 17.8 Å².